The molecule has 0 aromatic heterocycles. The summed E-state index contributed by atoms with van der Waals surface area (Å²) < 4.78 is 0. The van der Waals surface area contributed by atoms with Gasteiger partial charge in [-0.3, -0.25) is 0 Å². The van der Waals surface area contributed by atoms with Gasteiger partial charge in [0.25, 0.3) is 0 Å². The van der Waals surface area contributed by atoms with Gasteiger partial charge in [-0.05, 0) is 46.1 Å². The molecule has 0 heterocycles. The Bertz CT molecular complexity index is 904. The fourth-order valence-electron chi connectivity index (χ4n) is 4.40. The average molecular weight is 345 g/mol. The van der Waals surface area contributed by atoms with Crippen LogP contribution in [0.25, 0.3) is 11.1 Å². The highest BCUT2D eigenvalue weighted by atomic mass is 28.3. The van der Waals surface area contributed by atoms with Gasteiger partial charge < -0.3 is 0 Å². The van der Waals surface area contributed by atoms with Crippen LogP contribution in [0.3, 0.4) is 0 Å². The van der Waals surface area contributed by atoms with Crippen molar-refractivity contribution in [2.45, 2.75) is 46.7 Å². The van der Waals surface area contributed by atoms with E-state index in [1.54, 1.807) is 15.9 Å². The predicted molar refractivity (Wildman–Crippen MR) is 112 cm³/mol. The third kappa shape index (κ3) is 2.66. The van der Waals surface area contributed by atoms with Crippen LogP contribution in [0.1, 0.15) is 38.3 Å². The standard InChI is InChI=1S/C24H28Si/c1-24(2,3)18-13-14-19(16-18)25(4,5)23-12-8-11-21-20-10-7-6-9-17(20)15-22(21)23/h6-13,16H,14-15H2,1-5H3. The summed E-state index contributed by atoms with van der Waals surface area (Å²) in [5.74, 6) is 0. The molecule has 0 atom stereocenters. The third-order valence-corrected chi connectivity index (χ3v) is 9.83. The molecule has 128 valence electrons. The molecule has 2 aromatic carbocycles. The van der Waals surface area contributed by atoms with E-state index in [4.69, 9.17) is 0 Å². The van der Waals surface area contributed by atoms with Gasteiger partial charge in [0.2, 0.25) is 0 Å². The quantitative estimate of drug-likeness (QED) is 0.499. The monoisotopic (exact) mass is 344 g/mol. The summed E-state index contributed by atoms with van der Waals surface area (Å²) in [6.07, 6.45) is 7.23. The summed E-state index contributed by atoms with van der Waals surface area (Å²) >= 11 is 0. The van der Waals surface area contributed by atoms with E-state index in [-0.39, 0.29) is 5.41 Å². The topological polar surface area (TPSA) is 0 Å². The zero-order valence-electron chi connectivity index (χ0n) is 16.1. The second-order valence-corrected chi connectivity index (χ2v) is 13.5. The van der Waals surface area contributed by atoms with Crippen LogP contribution in [0.4, 0.5) is 0 Å². The lowest BCUT2D eigenvalue weighted by molar-refractivity contribution is 0.518. The Morgan fingerprint density at radius 3 is 2.32 bits per heavy atom. The van der Waals surface area contributed by atoms with Crippen LogP contribution < -0.4 is 5.19 Å². The first kappa shape index (κ1) is 16.6. The molecule has 1 heteroatoms. The number of allylic oxidation sites excluding steroid dienone is 4. The van der Waals surface area contributed by atoms with Crippen molar-refractivity contribution in [2.75, 3.05) is 0 Å². The molecular formula is C24H28Si. The Morgan fingerprint density at radius 2 is 1.60 bits per heavy atom. The second-order valence-electron chi connectivity index (χ2n) is 9.07. The van der Waals surface area contributed by atoms with Crippen LogP contribution >= 0.6 is 0 Å². The second kappa shape index (κ2) is 5.57. The van der Waals surface area contributed by atoms with Crippen LogP contribution in [0.5, 0.6) is 0 Å². The summed E-state index contributed by atoms with van der Waals surface area (Å²) in [6, 6.07) is 15.9. The molecule has 0 radical (unpaired) electrons. The lowest BCUT2D eigenvalue weighted by Crippen LogP contribution is -2.45. The average Bonchev–Trinajstić information content (AvgIpc) is 3.19. The van der Waals surface area contributed by atoms with Gasteiger partial charge in [-0.15, -0.1) is 0 Å². The fourth-order valence-corrected chi connectivity index (χ4v) is 7.36. The van der Waals surface area contributed by atoms with Crippen LogP contribution in [0, 0.1) is 5.41 Å². The Kier molecular flexibility index (Phi) is 3.70. The Balaban J connectivity index is 1.77. The number of hydrogen-bond acceptors (Lipinski definition) is 0. The van der Waals surface area contributed by atoms with Crippen LogP contribution in [-0.4, -0.2) is 8.07 Å². The molecule has 0 saturated heterocycles. The van der Waals surface area contributed by atoms with E-state index in [1.165, 1.54) is 22.3 Å². The van der Waals surface area contributed by atoms with Gasteiger partial charge >= 0.3 is 0 Å². The van der Waals surface area contributed by atoms with Crippen molar-refractivity contribution >= 4 is 13.3 Å². The fraction of sp³-hybridized carbons (Fsp3) is 0.333. The normalized spacial score (nSPS) is 16.4. The van der Waals surface area contributed by atoms with Crippen molar-refractivity contribution in [1.29, 1.82) is 0 Å². The maximum atomic E-state index is 2.54. The Labute approximate surface area is 153 Å². The van der Waals surface area contributed by atoms with E-state index in [1.807, 2.05) is 0 Å². The first-order valence-electron chi connectivity index (χ1n) is 9.41. The van der Waals surface area contributed by atoms with Gasteiger partial charge in [-0.25, -0.2) is 0 Å². The van der Waals surface area contributed by atoms with Crippen molar-refractivity contribution in [3.8, 4) is 11.1 Å². The highest BCUT2D eigenvalue weighted by molar-refractivity contribution is 6.96. The van der Waals surface area contributed by atoms with Gasteiger partial charge in [0.1, 0.15) is 8.07 Å². The first-order valence-corrected chi connectivity index (χ1v) is 12.4. The summed E-state index contributed by atoms with van der Waals surface area (Å²) in [5, 5.41) is 3.32. The number of hydrogen-bond donors (Lipinski definition) is 0. The van der Waals surface area contributed by atoms with Crippen LogP contribution in [0.15, 0.2) is 65.4 Å². The number of benzene rings is 2. The molecule has 2 aliphatic carbocycles. The summed E-state index contributed by atoms with van der Waals surface area (Å²) in [5.41, 5.74) is 7.75. The molecule has 25 heavy (non-hydrogen) atoms. The Hall–Kier alpha value is -1.86. The van der Waals surface area contributed by atoms with Gasteiger partial charge in [0.15, 0.2) is 0 Å². The van der Waals surface area contributed by atoms with E-state index in [0.29, 0.717) is 0 Å². The van der Waals surface area contributed by atoms with Gasteiger partial charge in [0, 0.05) is 0 Å². The van der Waals surface area contributed by atoms with E-state index in [0.717, 1.165) is 12.8 Å². The highest BCUT2D eigenvalue weighted by Gasteiger charge is 2.35. The number of fused-ring (bicyclic) bond motifs is 3. The maximum absolute atomic E-state index is 2.54. The minimum atomic E-state index is -1.65. The SMILES string of the molecule is CC(C)(C)C1=CCC([Si](C)(C)c2cccc3c2Cc2ccccc2-3)=C1. The molecule has 0 unspecified atom stereocenters. The largest absolute Gasteiger partial charge is 0.108 e. The smallest absolute Gasteiger partial charge is 0.0771 e. The maximum Gasteiger partial charge on any atom is 0.108 e. The molecule has 2 aromatic rings. The summed E-state index contributed by atoms with van der Waals surface area (Å²) in [6.45, 7) is 12.0. The van der Waals surface area contributed by atoms with Crippen LogP contribution in [0.2, 0.25) is 13.1 Å². The van der Waals surface area contributed by atoms with Crippen molar-refractivity contribution in [3.05, 3.63) is 76.5 Å². The lowest BCUT2D eigenvalue weighted by Gasteiger charge is -2.28. The van der Waals surface area contributed by atoms with E-state index in [2.05, 4.69) is 88.5 Å². The molecule has 0 spiro atoms. The molecule has 0 bridgehead atoms. The molecule has 0 amide bonds. The van der Waals surface area contributed by atoms with Gasteiger partial charge in [-0.1, -0.05) is 98.9 Å². The Morgan fingerprint density at radius 1 is 0.880 bits per heavy atom. The van der Waals surface area contributed by atoms with E-state index < -0.39 is 8.07 Å². The zero-order valence-corrected chi connectivity index (χ0v) is 17.1. The summed E-state index contributed by atoms with van der Waals surface area (Å²) in [7, 11) is -1.65. The van der Waals surface area contributed by atoms with Crippen molar-refractivity contribution in [3.63, 3.8) is 0 Å². The molecule has 0 fully saturated rings. The predicted octanol–water partition coefficient (Wildman–Crippen LogP) is 6.02. The van der Waals surface area contributed by atoms with Crippen molar-refractivity contribution in [1.82, 2.24) is 0 Å². The van der Waals surface area contributed by atoms with Gasteiger partial charge in [-0.2, -0.15) is 0 Å². The van der Waals surface area contributed by atoms with Gasteiger partial charge in [0.05, 0.1) is 0 Å². The number of rotatable bonds is 2. The van der Waals surface area contributed by atoms with E-state index in [9.17, 15) is 0 Å². The lowest BCUT2D eigenvalue weighted by atomic mass is 9.87. The van der Waals surface area contributed by atoms with Crippen molar-refractivity contribution in [2.24, 2.45) is 5.41 Å². The van der Waals surface area contributed by atoms with E-state index >= 15 is 0 Å². The molecule has 2 aliphatic rings. The molecule has 0 nitrogen and oxygen atoms in total. The first-order chi connectivity index (χ1) is 11.8. The zero-order chi connectivity index (χ0) is 17.8. The molecular weight excluding hydrogens is 316 g/mol. The molecule has 0 aliphatic heterocycles. The van der Waals surface area contributed by atoms with Crippen LogP contribution in [-0.2, 0) is 6.42 Å². The summed E-state index contributed by atoms with van der Waals surface area (Å²) in [4.78, 5) is 0. The molecule has 4 rings (SSSR count). The minimum absolute atomic E-state index is 0.251. The van der Waals surface area contributed by atoms with Crippen molar-refractivity contribution < 1.29 is 0 Å². The minimum Gasteiger partial charge on any atom is -0.0771 e. The molecule has 0 saturated carbocycles. The third-order valence-electron chi connectivity index (χ3n) is 6.06. The molecule has 0 N–H and O–H groups in total. The highest BCUT2D eigenvalue weighted by Crippen LogP contribution is 2.39.